The summed E-state index contributed by atoms with van der Waals surface area (Å²) in [5, 5.41) is 0. The molecule has 0 heterocycles. The highest BCUT2D eigenvalue weighted by molar-refractivity contribution is 5.34. The van der Waals surface area contributed by atoms with Crippen LogP contribution in [0.2, 0.25) is 0 Å². The third-order valence-corrected chi connectivity index (χ3v) is 4.00. The Morgan fingerprint density at radius 3 is 2.31 bits per heavy atom. The van der Waals surface area contributed by atoms with Crippen LogP contribution in [0, 0.1) is 0 Å². The average Bonchev–Trinajstić information content (AvgIpc) is 3.04. The Hall–Kier alpha value is -1.02. The SMILES string of the molecule is NCC1(c2ccc(OC3CC3)cc2)CCC1. The van der Waals surface area contributed by atoms with Crippen LogP contribution in [0.15, 0.2) is 24.3 Å². The standard InChI is InChI=1S/C14H19NO/c15-10-14(8-1-9-14)11-2-4-12(5-3-11)16-13-6-7-13/h2-5,13H,1,6-10,15H2. The van der Waals surface area contributed by atoms with E-state index in [1.54, 1.807) is 0 Å². The number of hydrogen-bond donors (Lipinski definition) is 1. The Morgan fingerprint density at radius 1 is 1.19 bits per heavy atom. The van der Waals surface area contributed by atoms with Crippen molar-refractivity contribution in [1.29, 1.82) is 0 Å². The lowest BCUT2D eigenvalue weighted by Crippen LogP contribution is -2.41. The van der Waals surface area contributed by atoms with Gasteiger partial charge in [-0.25, -0.2) is 0 Å². The molecule has 2 fully saturated rings. The predicted molar refractivity (Wildman–Crippen MR) is 64.7 cm³/mol. The second-order valence-electron chi connectivity index (χ2n) is 5.18. The lowest BCUT2D eigenvalue weighted by atomic mass is 9.64. The van der Waals surface area contributed by atoms with Gasteiger partial charge in [-0.3, -0.25) is 0 Å². The van der Waals surface area contributed by atoms with Gasteiger partial charge in [-0.05, 0) is 43.4 Å². The van der Waals surface area contributed by atoms with Crippen molar-refractivity contribution in [2.75, 3.05) is 6.54 Å². The van der Waals surface area contributed by atoms with Gasteiger partial charge < -0.3 is 10.5 Å². The molecule has 2 aliphatic rings. The summed E-state index contributed by atoms with van der Waals surface area (Å²) in [6.07, 6.45) is 6.72. The van der Waals surface area contributed by atoms with Crippen molar-refractivity contribution in [2.45, 2.75) is 43.6 Å². The molecule has 2 heteroatoms. The topological polar surface area (TPSA) is 35.2 Å². The summed E-state index contributed by atoms with van der Waals surface area (Å²) in [6, 6.07) is 8.60. The predicted octanol–water partition coefficient (Wildman–Crippen LogP) is 2.61. The number of ether oxygens (including phenoxy) is 1. The van der Waals surface area contributed by atoms with Crippen LogP contribution in [0.1, 0.15) is 37.7 Å². The fourth-order valence-corrected chi connectivity index (χ4v) is 2.48. The zero-order valence-corrected chi connectivity index (χ0v) is 9.61. The summed E-state index contributed by atoms with van der Waals surface area (Å²) in [4.78, 5) is 0. The molecule has 0 saturated heterocycles. The molecule has 16 heavy (non-hydrogen) atoms. The van der Waals surface area contributed by atoms with Crippen molar-refractivity contribution in [3.05, 3.63) is 29.8 Å². The molecule has 2 nitrogen and oxygen atoms in total. The maximum absolute atomic E-state index is 5.90. The van der Waals surface area contributed by atoms with Crippen LogP contribution in [0.5, 0.6) is 5.75 Å². The first-order valence-corrected chi connectivity index (χ1v) is 6.30. The molecule has 0 atom stereocenters. The molecule has 0 amide bonds. The molecule has 2 N–H and O–H groups in total. The molecular weight excluding hydrogens is 198 g/mol. The minimum absolute atomic E-state index is 0.276. The van der Waals surface area contributed by atoms with E-state index in [0.29, 0.717) is 6.10 Å². The van der Waals surface area contributed by atoms with Crippen LogP contribution in [-0.2, 0) is 5.41 Å². The summed E-state index contributed by atoms with van der Waals surface area (Å²) >= 11 is 0. The van der Waals surface area contributed by atoms with Gasteiger partial charge in [-0.1, -0.05) is 18.6 Å². The van der Waals surface area contributed by atoms with Crippen molar-refractivity contribution >= 4 is 0 Å². The second-order valence-corrected chi connectivity index (χ2v) is 5.18. The molecule has 0 bridgehead atoms. The van der Waals surface area contributed by atoms with Crippen LogP contribution >= 0.6 is 0 Å². The molecule has 0 radical (unpaired) electrons. The van der Waals surface area contributed by atoms with Gasteiger partial charge in [0.25, 0.3) is 0 Å². The van der Waals surface area contributed by atoms with Crippen molar-refractivity contribution < 1.29 is 4.74 Å². The van der Waals surface area contributed by atoms with Crippen molar-refractivity contribution in [3.8, 4) is 5.75 Å². The van der Waals surface area contributed by atoms with E-state index in [2.05, 4.69) is 24.3 Å². The van der Waals surface area contributed by atoms with E-state index in [1.807, 2.05) is 0 Å². The average molecular weight is 217 g/mol. The summed E-state index contributed by atoms with van der Waals surface area (Å²) in [6.45, 7) is 0.774. The summed E-state index contributed by atoms with van der Waals surface area (Å²) in [5.41, 5.74) is 7.57. The molecule has 1 aromatic carbocycles. The number of nitrogens with two attached hydrogens (primary N) is 1. The highest BCUT2D eigenvalue weighted by Gasteiger charge is 2.37. The number of rotatable bonds is 4. The quantitative estimate of drug-likeness (QED) is 0.841. The van der Waals surface area contributed by atoms with Gasteiger partial charge in [0, 0.05) is 12.0 Å². The Bertz CT molecular complexity index is 357. The zero-order chi connectivity index (χ0) is 11.0. The normalized spacial score (nSPS) is 22.6. The van der Waals surface area contributed by atoms with E-state index in [9.17, 15) is 0 Å². The van der Waals surface area contributed by atoms with Gasteiger partial charge in [0.05, 0.1) is 6.10 Å². The van der Waals surface area contributed by atoms with Crippen LogP contribution in [0.3, 0.4) is 0 Å². The molecule has 0 unspecified atom stereocenters. The Kier molecular flexibility index (Phi) is 2.40. The van der Waals surface area contributed by atoms with Crippen LogP contribution in [0.25, 0.3) is 0 Å². The van der Waals surface area contributed by atoms with Crippen LogP contribution < -0.4 is 10.5 Å². The fourth-order valence-electron chi connectivity index (χ4n) is 2.48. The van der Waals surface area contributed by atoms with E-state index in [4.69, 9.17) is 10.5 Å². The van der Waals surface area contributed by atoms with E-state index < -0.39 is 0 Å². The minimum Gasteiger partial charge on any atom is -0.490 e. The molecule has 3 rings (SSSR count). The van der Waals surface area contributed by atoms with Crippen LogP contribution in [0.4, 0.5) is 0 Å². The molecule has 2 saturated carbocycles. The van der Waals surface area contributed by atoms with Crippen LogP contribution in [-0.4, -0.2) is 12.6 Å². The highest BCUT2D eigenvalue weighted by Crippen LogP contribution is 2.43. The molecule has 2 aliphatic carbocycles. The first-order valence-electron chi connectivity index (χ1n) is 6.30. The number of hydrogen-bond acceptors (Lipinski definition) is 2. The van der Waals surface area contributed by atoms with Gasteiger partial charge in [-0.15, -0.1) is 0 Å². The van der Waals surface area contributed by atoms with Crippen molar-refractivity contribution in [3.63, 3.8) is 0 Å². The van der Waals surface area contributed by atoms with E-state index in [-0.39, 0.29) is 5.41 Å². The van der Waals surface area contributed by atoms with E-state index >= 15 is 0 Å². The fraction of sp³-hybridized carbons (Fsp3) is 0.571. The molecule has 0 aliphatic heterocycles. The third-order valence-electron chi connectivity index (χ3n) is 4.00. The summed E-state index contributed by atoms with van der Waals surface area (Å²) < 4.78 is 5.75. The maximum atomic E-state index is 5.90. The Balaban J connectivity index is 1.75. The van der Waals surface area contributed by atoms with Gasteiger partial charge in [0.2, 0.25) is 0 Å². The maximum Gasteiger partial charge on any atom is 0.119 e. The largest absolute Gasteiger partial charge is 0.490 e. The van der Waals surface area contributed by atoms with Gasteiger partial charge in [0.1, 0.15) is 5.75 Å². The van der Waals surface area contributed by atoms with E-state index in [0.717, 1.165) is 12.3 Å². The van der Waals surface area contributed by atoms with Gasteiger partial charge >= 0.3 is 0 Å². The first kappa shape index (κ1) is 10.2. The highest BCUT2D eigenvalue weighted by atomic mass is 16.5. The zero-order valence-electron chi connectivity index (χ0n) is 9.61. The smallest absolute Gasteiger partial charge is 0.119 e. The molecule has 86 valence electrons. The summed E-state index contributed by atoms with van der Waals surface area (Å²) in [7, 11) is 0. The van der Waals surface area contributed by atoms with Crippen molar-refractivity contribution in [1.82, 2.24) is 0 Å². The molecule has 0 aromatic heterocycles. The molecular formula is C14H19NO. The third kappa shape index (κ3) is 1.71. The lowest BCUT2D eigenvalue weighted by molar-refractivity contribution is 0.252. The second kappa shape index (κ2) is 3.77. The minimum atomic E-state index is 0.276. The van der Waals surface area contributed by atoms with Crippen molar-refractivity contribution in [2.24, 2.45) is 5.73 Å². The number of benzene rings is 1. The summed E-state index contributed by atoms with van der Waals surface area (Å²) in [5.74, 6) is 1.01. The van der Waals surface area contributed by atoms with E-state index in [1.165, 1.54) is 37.7 Å². The molecule has 0 spiro atoms. The Morgan fingerprint density at radius 2 is 1.88 bits per heavy atom. The first-order chi connectivity index (χ1) is 7.82. The van der Waals surface area contributed by atoms with Gasteiger partial charge in [0.15, 0.2) is 0 Å². The Labute approximate surface area is 96.8 Å². The monoisotopic (exact) mass is 217 g/mol. The van der Waals surface area contributed by atoms with Gasteiger partial charge in [-0.2, -0.15) is 0 Å². The lowest BCUT2D eigenvalue weighted by Gasteiger charge is -2.41. The molecule has 1 aromatic rings.